The summed E-state index contributed by atoms with van der Waals surface area (Å²) in [6.07, 6.45) is 0. The molecule has 18 heavy (non-hydrogen) atoms. The summed E-state index contributed by atoms with van der Waals surface area (Å²) in [7, 11) is 0. The van der Waals surface area contributed by atoms with Gasteiger partial charge in [0, 0.05) is 4.47 Å². The molecule has 0 fully saturated rings. The van der Waals surface area contributed by atoms with E-state index in [1.165, 1.54) is 12.1 Å². The second kappa shape index (κ2) is 5.38. The van der Waals surface area contributed by atoms with Gasteiger partial charge in [-0.25, -0.2) is 4.39 Å². The highest BCUT2D eigenvalue weighted by molar-refractivity contribution is 9.10. The van der Waals surface area contributed by atoms with Crippen LogP contribution in [-0.4, -0.2) is 0 Å². The lowest BCUT2D eigenvalue weighted by Gasteiger charge is -2.09. The zero-order chi connectivity index (χ0) is 13.1. The molecule has 0 atom stereocenters. The minimum absolute atomic E-state index is 0.0389. The van der Waals surface area contributed by atoms with Gasteiger partial charge in [0.2, 0.25) is 0 Å². The van der Waals surface area contributed by atoms with Gasteiger partial charge >= 0.3 is 0 Å². The Kier molecular flexibility index (Phi) is 3.85. The SMILES string of the molecule is N#Cc1c(Cl)cccc1Oc1ccc(Br)cc1F. The molecule has 0 unspecified atom stereocenters. The largest absolute Gasteiger partial charge is 0.453 e. The first-order chi connectivity index (χ1) is 8.61. The van der Waals surface area contributed by atoms with Crippen LogP contribution < -0.4 is 4.74 Å². The fourth-order valence-corrected chi connectivity index (χ4v) is 1.92. The van der Waals surface area contributed by atoms with Gasteiger partial charge in [-0.15, -0.1) is 0 Å². The molecule has 0 aliphatic heterocycles. The first-order valence-electron chi connectivity index (χ1n) is 4.93. The number of halogens is 3. The highest BCUT2D eigenvalue weighted by Gasteiger charge is 2.11. The topological polar surface area (TPSA) is 33.0 Å². The van der Waals surface area contributed by atoms with E-state index in [0.29, 0.717) is 4.47 Å². The van der Waals surface area contributed by atoms with Crippen molar-refractivity contribution in [2.45, 2.75) is 0 Å². The number of rotatable bonds is 2. The molecule has 0 aliphatic rings. The molecular formula is C13H6BrClFNO. The van der Waals surface area contributed by atoms with E-state index >= 15 is 0 Å². The first-order valence-corrected chi connectivity index (χ1v) is 6.10. The molecule has 0 saturated heterocycles. The molecule has 0 aliphatic carbocycles. The minimum atomic E-state index is -0.520. The van der Waals surface area contributed by atoms with Gasteiger partial charge < -0.3 is 4.74 Å². The molecule has 2 aromatic rings. The van der Waals surface area contributed by atoms with E-state index in [2.05, 4.69) is 15.9 Å². The zero-order valence-corrected chi connectivity index (χ0v) is 11.3. The molecule has 0 spiro atoms. The van der Waals surface area contributed by atoms with Gasteiger partial charge in [-0.05, 0) is 30.3 Å². The summed E-state index contributed by atoms with van der Waals surface area (Å²) in [5.74, 6) is -0.253. The van der Waals surface area contributed by atoms with Crippen LogP contribution in [0.25, 0.3) is 0 Å². The van der Waals surface area contributed by atoms with E-state index in [9.17, 15) is 4.39 Å². The summed E-state index contributed by atoms with van der Waals surface area (Å²) in [6, 6.07) is 11.1. The van der Waals surface area contributed by atoms with Crippen LogP contribution in [0.15, 0.2) is 40.9 Å². The van der Waals surface area contributed by atoms with Crippen LogP contribution in [0, 0.1) is 17.1 Å². The van der Waals surface area contributed by atoms with E-state index in [1.807, 2.05) is 6.07 Å². The van der Waals surface area contributed by atoms with Crippen molar-refractivity contribution in [2.75, 3.05) is 0 Å². The Bertz CT molecular complexity index is 639. The Labute approximate surface area is 117 Å². The van der Waals surface area contributed by atoms with Gasteiger partial charge in [0.05, 0.1) is 5.02 Å². The van der Waals surface area contributed by atoms with Crippen LogP contribution >= 0.6 is 27.5 Å². The number of hydrogen-bond acceptors (Lipinski definition) is 2. The molecule has 0 N–H and O–H groups in total. The zero-order valence-electron chi connectivity index (χ0n) is 8.95. The molecular weight excluding hydrogens is 321 g/mol. The van der Waals surface area contributed by atoms with Crippen molar-refractivity contribution in [3.05, 3.63) is 57.3 Å². The Morgan fingerprint density at radius 3 is 2.67 bits per heavy atom. The van der Waals surface area contributed by atoms with Crippen molar-refractivity contribution in [3.63, 3.8) is 0 Å². The molecule has 0 bridgehead atoms. The van der Waals surface area contributed by atoms with Crippen molar-refractivity contribution in [1.29, 1.82) is 5.26 Å². The predicted octanol–water partition coefficient (Wildman–Crippen LogP) is 4.91. The van der Waals surface area contributed by atoms with Crippen molar-refractivity contribution >= 4 is 27.5 Å². The van der Waals surface area contributed by atoms with Crippen LogP contribution in [0.2, 0.25) is 5.02 Å². The van der Waals surface area contributed by atoms with E-state index < -0.39 is 5.82 Å². The number of ether oxygens (including phenoxy) is 1. The van der Waals surface area contributed by atoms with Crippen LogP contribution in [0.5, 0.6) is 11.5 Å². The Morgan fingerprint density at radius 1 is 1.22 bits per heavy atom. The molecule has 0 aromatic heterocycles. The monoisotopic (exact) mass is 325 g/mol. The molecule has 0 saturated carbocycles. The van der Waals surface area contributed by atoms with Crippen molar-refractivity contribution in [1.82, 2.24) is 0 Å². The van der Waals surface area contributed by atoms with Gasteiger partial charge in [-0.2, -0.15) is 5.26 Å². The summed E-state index contributed by atoms with van der Waals surface area (Å²) >= 11 is 9.01. The molecule has 2 rings (SSSR count). The van der Waals surface area contributed by atoms with Crippen LogP contribution in [-0.2, 0) is 0 Å². The average Bonchev–Trinajstić information content (AvgIpc) is 2.33. The summed E-state index contributed by atoms with van der Waals surface area (Å²) in [4.78, 5) is 0. The van der Waals surface area contributed by atoms with Gasteiger partial charge in [0.15, 0.2) is 11.6 Å². The van der Waals surface area contributed by atoms with Gasteiger partial charge in [-0.3, -0.25) is 0 Å². The number of nitrogens with zero attached hydrogens (tertiary/aromatic N) is 1. The Hall–Kier alpha value is -1.57. The molecule has 5 heteroatoms. The Balaban J connectivity index is 2.41. The van der Waals surface area contributed by atoms with Crippen LogP contribution in [0.3, 0.4) is 0 Å². The standard InChI is InChI=1S/C13H6BrClFNO/c14-8-4-5-13(11(16)6-8)18-12-3-1-2-10(15)9(12)7-17/h1-6H. The average molecular weight is 327 g/mol. The molecule has 0 radical (unpaired) electrons. The van der Waals surface area contributed by atoms with Crippen molar-refractivity contribution in [3.8, 4) is 17.6 Å². The lowest BCUT2D eigenvalue weighted by molar-refractivity contribution is 0.441. The van der Waals surface area contributed by atoms with Gasteiger partial charge in [-0.1, -0.05) is 33.6 Å². The second-order valence-electron chi connectivity index (χ2n) is 3.40. The van der Waals surface area contributed by atoms with Crippen LogP contribution in [0.4, 0.5) is 4.39 Å². The third-order valence-corrected chi connectivity index (χ3v) is 3.01. The molecule has 2 aromatic carbocycles. The highest BCUT2D eigenvalue weighted by Crippen LogP contribution is 2.31. The lowest BCUT2D eigenvalue weighted by Crippen LogP contribution is -1.91. The van der Waals surface area contributed by atoms with E-state index in [1.54, 1.807) is 24.3 Å². The number of hydrogen-bond donors (Lipinski definition) is 0. The predicted molar refractivity (Wildman–Crippen MR) is 70.3 cm³/mol. The third kappa shape index (κ3) is 2.63. The number of benzene rings is 2. The summed E-state index contributed by atoms with van der Waals surface area (Å²) in [5, 5.41) is 9.25. The summed E-state index contributed by atoms with van der Waals surface area (Å²) < 4.78 is 19.6. The second-order valence-corrected chi connectivity index (χ2v) is 4.72. The molecule has 0 heterocycles. The normalized spacial score (nSPS) is 9.89. The lowest BCUT2D eigenvalue weighted by atomic mass is 10.2. The molecule has 0 amide bonds. The van der Waals surface area contributed by atoms with Crippen LogP contribution in [0.1, 0.15) is 5.56 Å². The molecule has 2 nitrogen and oxygen atoms in total. The third-order valence-electron chi connectivity index (χ3n) is 2.20. The smallest absolute Gasteiger partial charge is 0.166 e. The van der Waals surface area contributed by atoms with Crippen molar-refractivity contribution < 1.29 is 9.13 Å². The fraction of sp³-hybridized carbons (Fsp3) is 0. The van der Waals surface area contributed by atoms with Gasteiger partial charge in [0.25, 0.3) is 0 Å². The first kappa shape index (κ1) is 12.9. The molecule has 90 valence electrons. The fourth-order valence-electron chi connectivity index (χ4n) is 1.37. The Morgan fingerprint density at radius 2 is 2.00 bits per heavy atom. The van der Waals surface area contributed by atoms with E-state index in [4.69, 9.17) is 21.6 Å². The number of nitriles is 1. The maximum atomic E-state index is 13.6. The quantitative estimate of drug-likeness (QED) is 0.786. The van der Waals surface area contributed by atoms with E-state index in [0.717, 1.165) is 0 Å². The van der Waals surface area contributed by atoms with E-state index in [-0.39, 0.29) is 22.1 Å². The maximum Gasteiger partial charge on any atom is 0.166 e. The maximum absolute atomic E-state index is 13.6. The summed E-state index contributed by atoms with van der Waals surface area (Å²) in [6.45, 7) is 0. The van der Waals surface area contributed by atoms with Crippen molar-refractivity contribution in [2.24, 2.45) is 0 Å². The minimum Gasteiger partial charge on any atom is -0.453 e. The highest BCUT2D eigenvalue weighted by atomic mass is 79.9. The van der Waals surface area contributed by atoms with Gasteiger partial charge in [0.1, 0.15) is 17.4 Å². The summed E-state index contributed by atoms with van der Waals surface area (Å²) in [5.41, 5.74) is 0.182.